The molecule has 2 N–H and O–H groups in total. The topological polar surface area (TPSA) is 84.9 Å². The Bertz CT molecular complexity index is 849. The van der Waals surface area contributed by atoms with Gasteiger partial charge in [-0.3, -0.25) is 0 Å². The van der Waals surface area contributed by atoms with Crippen molar-refractivity contribution in [3.8, 4) is 11.5 Å². The number of rotatable bonds is 5. The van der Waals surface area contributed by atoms with E-state index >= 15 is 0 Å². The summed E-state index contributed by atoms with van der Waals surface area (Å²) >= 11 is 5.82. The van der Waals surface area contributed by atoms with E-state index in [1.54, 1.807) is 24.3 Å². The minimum Gasteiger partial charge on any atom is -0.454 e. The third kappa shape index (κ3) is 3.49. The van der Waals surface area contributed by atoms with Crippen molar-refractivity contribution in [3.05, 3.63) is 53.1 Å². The van der Waals surface area contributed by atoms with Gasteiger partial charge in [-0.2, -0.15) is 0 Å². The van der Waals surface area contributed by atoms with Gasteiger partial charge in [0, 0.05) is 17.6 Å². The molecular weight excluding hydrogens is 354 g/mol. The van der Waals surface area contributed by atoms with Gasteiger partial charge in [-0.25, -0.2) is 13.1 Å². The third-order valence-corrected chi connectivity index (χ3v) is 5.38. The van der Waals surface area contributed by atoms with Gasteiger partial charge in [0.25, 0.3) is 0 Å². The second kappa shape index (κ2) is 6.25. The molecule has 0 bridgehead atoms. The highest BCUT2D eigenvalue weighted by Gasteiger charge is 2.27. The van der Waals surface area contributed by atoms with E-state index < -0.39 is 15.6 Å². The molecule has 1 unspecified atom stereocenters. The molecule has 24 heavy (non-hydrogen) atoms. The molecule has 0 radical (unpaired) electrons. The summed E-state index contributed by atoms with van der Waals surface area (Å²) in [7, 11) is -3.80. The van der Waals surface area contributed by atoms with Crippen LogP contribution >= 0.6 is 11.6 Å². The Morgan fingerprint density at radius 3 is 2.54 bits per heavy atom. The predicted molar refractivity (Wildman–Crippen MR) is 88.8 cm³/mol. The van der Waals surface area contributed by atoms with Crippen molar-refractivity contribution in [1.29, 1.82) is 0 Å². The number of halogens is 1. The van der Waals surface area contributed by atoms with Crippen LogP contribution < -0.4 is 14.2 Å². The number of aliphatic hydroxyl groups is 1. The van der Waals surface area contributed by atoms with E-state index in [4.69, 9.17) is 21.1 Å². The Balaban J connectivity index is 1.76. The summed E-state index contributed by atoms with van der Waals surface area (Å²) in [6.07, 6.45) is 0. The molecule has 0 saturated carbocycles. The Morgan fingerprint density at radius 1 is 1.17 bits per heavy atom. The molecule has 1 heterocycles. The first-order chi connectivity index (χ1) is 11.3. The van der Waals surface area contributed by atoms with Gasteiger partial charge >= 0.3 is 0 Å². The molecule has 128 valence electrons. The lowest BCUT2D eigenvalue weighted by Gasteiger charge is -2.24. The summed E-state index contributed by atoms with van der Waals surface area (Å²) in [5.41, 5.74) is -0.825. The van der Waals surface area contributed by atoms with Crippen molar-refractivity contribution in [3.63, 3.8) is 0 Å². The van der Waals surface area contributed by atoms with Crippen LogP contribution in [0.15, 0.2) is 47.4 Å². The van der Waals surface area contributed by atoms with E-state index in [-0.39, 0.29) is 18.2 Å². The first-order valence-corrected chi connectivity index (χ1v) is 9.02. The third-order valence-electron chi connectivity index (χ3n) is 3.73. The number of fused-ring (bicyclic) bond motifs is 1. The van der Waals surface area contributed by atoms with Crippen LogP contribution in [0.2, 0.25) is 5.02 Å². The normalized spacial score (nSPS) is 16.0. The number of ether oxygens (including phenoxy) is 2. The molecule has 0 spiro atoms. The van der Waals surface area contributed by atoms with E-state index in [1.807, 2.05) is 0 Å². The zero-order chi connectivity index (χ0) is 17.4. The number of hydrogen-bond donors (Lipinski definition) is 2. The lowest BCUT2D eigenvalue weighted by Crippen LogP contribution is -2.38. The number of nitrogens with one attached hydrogen (secondary N) is 1. The Labute approximate surface area is 145 Å². The molecule has 8 heteroatoms. The van der Waals surface area contributed by atoms with Crippen LogP contribution in [0.3, 0.4) is 0 Å². The van der Waals surface area contributed by atoms with E-state index in [2.05, 4.69) is 4.72 Å². The average molecular weight is 370 g/mol. The van der Waals surface area contributed by atoms with Crippen molar-refractivity contribution in [2.45, 2.75) is 17.4 Å². The first kappa shape index (κ1) is 17.0. The van der Waals surface area contributed by atoms with Gasteiger partial charge in [0.05, 0.1) is 4.90 Å². The monoisotopic (exact) mass is 369 g/mol. The summed E-state index contributed by atoms with van der Waals surface area (Å²) in [5.74, 6) is 0.879. The van der Waals surface area contributed by atoms with Crippen LogP contribution in [0.25, 0.3) is 0 Å². The lowest BCUT2D eigenvalue weighted by atomic mass is 9.97. The van der Waals surface area contributed by atoms with Crippen molar-refractivity contribution in [1.82, 2.24) is 4.72 Å². The van der Waals surface area contributed by atoms with Gasteiger partial charge in [0.1, 0.15) is 5.60 Å². The van der Waals surface area contributed by atoms with Crippen molar-refractivity contribution < 1.29 is 23.0 Å². The minimum atomic E-state index is -3.80. The fourth-order valence-corrected chi connectivity index (χ4v) is 3.55. The van der Waals surface area contributed by atoms with Crippen LogP contribution in [-0.2, 0) is 15.6 Å². The maximum absolute atomic E-state index is 12.4. The second-order valence-corrected chi connectivity index (χ2v) is 7.82. The van der Waals surface area contributed by atoms with Crippen LogP contribution in [-0.4, -0.2) is 26.9 Å². The summed E-state index contributed by atoms with van der Waals surface area (Å²) < 4.78 is 37.6. The van der Waals surface area contributed by atoms with Gasteiger partial charge in [-0.15, -0.1) is 0 Å². The van der Waals surface area contributed by atoms with Gasteiger partial charge in [0.15, 0.2) is 11.5 Å². The van der Waals surface area contributed by atoms with E-state index in [0.717, 1.165) is 0 Å². The summed E-state index contributed by atoms with van der Waals surface area (Å²) in [6, 6.07) is 10.9. The van der Waals surface area contributed by atoms with Crippen molar-refractivity contribution in [2.75, 3.05) is 13.3 Å². The Hall–Kier alpha value is -1.80. The van der Waals surface area contributed by atoms with E-state index in [9.17, 15) is 13.5 Å². The molecule has 2 aromatic carbocycles. The summed E-state index contributed by atoms with van der Waals surface area (Å²) in [5, 5.41) is 11.1. The van der Waals surface area contributed by atoms with Crippen LogP contribution in [0, 0.1) is 0 Å². The van der Waals surface area contributed by atoms with E-state index in [0.29, 0.717) is 22.1 Å². The molecule has 1 aliphatic heterocycles. The molecular formula is C16H16ClNO5S. The fraction of sp³-hybridized carbons (Fsp3) is 0.250. The number of benzene rings is 2. The Morgan fingerprint density at radius 2 is 1.83 bits per heavy atom. The SMILES string of the molecule is CC(O)(CNS(=O)(=O)c1ccc2c(c1)OCO2)c1ccc(Cl)cc1. The summed E-state index contributed by atoms with van der Waals surface area (Å²) in [6.45, 7) is 1.40. The molecule has 0 fully saturated rings. The maximum atomic E-state index is 12.4. The maximum Gasteiger partial charge on any atom is 0.240 e. The molecule has 3 rings (SSSR count). The van der Waals surface area contributed by atoms with Gasteiger partial charge in [-0.1, -0.05) is 23.7 Å². The number of sulfonamides is 1. The smallest absolute Gasteiger partial charge is 0.240 e. The van der Waals surface area contributed by atoms with Crippen LogP contribution in [0.1, 0.15) is 12.5 Å². The van der Waals surface area contributed by atoms with E-state index in [1.165, 1.54) is 25.1 Å². The zero-order valence-electron chi connectivity index (χ0n) is 12.8. The molecule has 0 aromatic heterocycles. The molecule has 1 atom stereocenters. The number of hydrogen-bond acceptors (Lipinski definition) is 5. The fourth-order valence-electron chi connectivity index (χ4n) is 2.27. The highest BCUT2D eigenvalue weighted by atomic mass is 35.5. The first-order valence-electron chi connectivity index (χ1n) is 7.16. The van der Waals surface area contributed by atoms with Gasteiger partial charge < -0.3 is 14.6 Å². The van der Waals surface area contributed by atoms with Crippen LogP contribution in [0.5, 0.6) is 11.5 Å². The molecule has 1 aliphatic rings. The summed E-state index contributed by atoms with van der Waals surface area (Å²) in [4.78, 5) is 0.0404. The lowest BCUT2D eigenvalue weighted by molar-refractivity contribution is 0.0627. The quantitative estimate of drug-likeness (QED) is 0.844. The van der Waals surface area contributed by atoms with Crippen molar-refractivity contribution >= 4 is 21.6 Å². The second-order valence-electron chi connectivity index (χ2n) is 5.62. The molecule has 6 nitrogen and oxygen atoms in total. The van der Waals surface area contributed by atoms with Crippen LogP contribution in [0.4, 0.5) is 0 Å². The van der Waals surface area contributed by atoms with Gasteiger partial charge in [0.2, 0.25) is 16.8 Å². The highest BCUT2D eigenvalue weighted by Crippen LogP contribution is 2.34. The largest absolute Gasteiger partial charge is 0.454 e. The Kier molecular flexibility index (Phi) is 4.44. The minimum absolute atomic E-state index is 0.0404. The van der Waals surface area contributed by atoms with Crippen molar-refractivity contribution in [2.24, 2.45) is 0 Å². The standard InChI is InChI=1S/C16H16ClNO5S/c1-16(19,11-2-4-12(17)5-3-11)9-18-24(20,21)13-6-7-14-15(8-13)23-10-22-14/h2-8,18-19H,9-10H2,1H3. The molecule has 2 aromatic rings. The van der Waals surface area contributed by atoms with Gasteiger partial charge in [-0.05, 0) is 36.8 Å². The predicted octanol–water partition coefficient (Wildman–Crippen LogP) is 2.25. The zero-order valence-corrected chi connectivity index (χ0v) is 14.4. The molecule has 0 aliphatic carbocycles. The highest BCUT2D eigenvalue weighted by molar-refractivity contribution is 7.89. The molecule has 0 saturated heterocycles. The average Bonchev–Trinajstić information content (AvgIpc) is 3.01. The molecule has 0 amide bonds.